The Hall–Kier alpha value is -1.44. The molecule has 0 aromatic heterocycles. The molecule has 1 amide bonds. The van der Waals surface area contributed by atoms with E-state index in [4.69, 9.17) is 9.47 Å². The zero-order chi connectivity index (χ0) is 16.5. The minimum Gasteiger partial charge on any atom is -0.347 e. The van der Waals surface area contributed by atoms with Crippen molar-refractivity contribution in [3.8, 4) is 0 Å². The maximum absolute atomic E-state index is 12.5. The monoisotopic (exact) mass is 339 g/mol. The van der Waals surface area contributed by atoms with Crippen LogP contribution in [0.2, 0.25) is 0 Å². The van der Waals surface area contributed by atoms with Gasteiger partial charge in [0.15, 0.2) is 15.6 Å². The van der Waals surface area contributed by atoms with Crippen molar-refractivity contribution < 1.29 is 22.7 Å². The van der Waals surface area contributed by atoms with Crippen LogP contribution in [0.1, 0.15) is 28.8 Å². The standard InChI is InChI=1S/C16H21NO5S/c1-23(19,20)12-13-2-4-14(5-3-13)15(18)17-8-6-16(7-9-17)21-10-11-22-16/h2-5H,6-12H2,1H3. The second-order valence-corrected chi connectivity index (χ2v) is 8.31. The average Bonchev–Trinajstić information content (AvgIpc) is 2.95. The first-order valence-electron chi connectivity index (χ1n) is 7.71. The molecule has 1 spiro atoms. The van der Waals surface area contributed by atoms with Crippen LogP contribution in [-0.2, 0) is 25.1 Å². The summed E-state index contributed by atoms with van der Waals surface area (Å²) < 4.78 is 33.9. The third-order valence-corrected chi connectivity index (χ3v) is 5.11. The normalized spacial score (nSPS) is 20.8. The SMILES string of the molecule is CS(=O)(=O)Cc1ccc(C(=O)N2CCC3(CC2)OCCO3)cc1. The van der Waals surface area contributed by atoms with Gasteiger partial charge >= 0.3 is 0 Å². The highest BCUT2D eigenvalue weighted by atomic mass is 32.2. The third-order valence-electron chi connectivity index (χ3n) is 4.26. The molecule has 2 fully saturated rings. The Labute approximate surface area is 136 Å². The van der Waals surface area contributed by atoms with Crippen molar-refractivity contribution in [3.63, 3.8) is 0 Å². The van der Waals surface area contributed by atoms with Crippen LogP contribution in [0.25, 0.3) is 0 Å². The van der Waals surface area contributed by atoms with Gasteiger partial charge in [0.1, 0.15) is 0 Å². The second-order valence-electron chi connectivity index (χ2n) is 6.17. The number of carbonyl (C=O) groups excluding carboxylic acids is 1. The van der Waals surface area contributed by atoms with Crippen molar-refractivity contribution in [2.45, 2.75) is 24.4 Å². The lowest BCUT2D eigenvalue weighted by Crippen LogP contribution is -2.47. The lowest BCUT2D eigenvalue weighted by atomic mass is 10.0. The summed E-state index contributed by atoms with van der Waals surface area (Å²) in [7, 11) is -3.07. The Morgan fingerprint density at radius 3 is 2.22 bits per heavy atom. The number of benzene rings is 1. The van der Waals surface area contributed by atoms with E-state index in [-0.39, 0.29) is 11.7 Å². The van der Waals surface area contributed by atoms with Gasteiger partial charge in [-0.3, -0.25) is 4.79 Å². The van der Waals surface area contributed by atoms with E-state index in [2.05, 4.69) is 0 Å². The molecule has 2 aliphatic rings. The van der Waals surface area contributed by atoms with Gasteiger partial charge in [-0.05, 0) is 17.7 Å². The number of rotatable bonds is 3. The minimum absolute atomic E-state index is 0.0115. The van der Waals surface area contributed by atoms with Crippen molar-refractivity contribution in [2.24, 2.45) is 0 Å². The number of sulfone groups is 1. The molecule has 0 radical (unpaired) electrons. The molecule has 3 rings (SSSR count). The predicted octanol–water partition coefficient (Wildman–Crippen LogP) is 1.21. The Kier molecular flexibility index (Phi) is 4.44. The Morgan fingerprint density at radius 2 is 1.70 bits per heavy atom. The molecule has 7 heteroatoms. The van der Waals surface area contributed by atoms with Crippen molar-refractivity contribution in [1.29, 1.82) is 0 Å². The predicted molar refractivity (Wildman–Crippen MR) is 84.8 cm³/mol. The summed E-state index contributed by atoms with van der Waals surface area (Å²) in [5, 5.41) is 0. The van der Waals surface area contributed by atoms with E-state index >= 15 is 0 Å². The molecule has 2 heterocycles. The molecule has 0 aliphatic carbocycles. The van der Waals surface area contributed by atoms with Gasteiger partial charge in [0.2, 0.25) is 0 Å². The molecule has 23 heavy (non-hydrogen) atoms. The fourth-order valence-electron chi connectivity index (χ4n) is 3.07. The molecule has 0 bridgehead atoms. The van der Waals surface area contributed by atoms with E-state index in [9.17, 15) is 13.2 Å². The van der Waals surface area contributed by atoms with E-state index < -0.39 is 15.6 Å². The van der Waals surface area contributed by atoms with E-state index in [0.29, 0.717) is 50.3 Å². The molecule has 1 aromatic rings. The molecule has 1 aromatic carbocycles. The molecular formula is C16H21NO5S. The number of amides is 1. The molecule has 0 N–H and O–H groups in total. The first-order chi connectivity index (χ1) is 10.9. The number of piperidine rings is 1. The largest absolute Gasteiger partial charge is 0.347 e. The quantitative estimate of drug-likeness (QED) is 0.828. The molecule has 2 saturated heterocycles. The highest BCUT2D eigenvalue weighted by Gasteiger charge is 2.40. The summed E-state index contributed by atoms with van der Waals surface area (Å²) in [6.45, 7) is 2.44. The smallest absolute Gasteiger partial charge is 0.253 e. The van der Waals surface area contributed by atoms with Crippen LogP contribution < -0.4 is 0 Å². The number of ether oxygens (including phenoxy) is 2. The number of carbonyl (C=O) groups is 1. The van der Waals surface area contributed by atoms with Crippen LogP contribution in [0, 0.1) is 0 Å². The zero-order valence-corrected chi connectivity index (χ0v) is 14.0. The van der Waals surface area contributed by atoms with Gasteiger partial charge in [-0.1, -0.05) is 12.1 Å². The summed E-state index contributed by atoms with van der Waals surface area (Å²) in [4.78, 5) is 14.3. The van der Waals surface area contributed by atoms with Gasteiger partial charge in [0, 0.05) is 37.8 Å². The average molecular weight is 339 g/mol. The topological polar surface area (TPSA) is 72.9 Å². The first kappa shape index (κ1) is 16.4. The van der Waals surface area contributed by atoms with Gasteiger partial charge in [0.25, 0.3) is 5.91 Å². The molecule has 0 saturated carbocycles. The minimum atomic E-state index is -3.07. The van der Waals surface area contributed by atoms with Crippen LogP contribution in [-0.4, -0.2) is 57.6 Å². The molecule has 126 valence electrons. The molecule has 0 unspecified atom stereocenters. The second kappa shape index (κ2) is 6.22. The fourth-order valence-corrected chi connectivity index (χ4v) is 3.86. The summed E-state index contributed by atoms with van der Waals surface area (Å²) in [6.07, 6.45) is 2.57. The van der Waals surface area contributed by atoms with E-state index in [0.717, 1.165) is 0 Å². The molecule has 2 aliphatic heterocycles. The van der Waals surface area contributed by atoms with Gasteiger partial charge in [-0.15, -0.1) is 0 Å². The summed E-state index contributed by atoms with van der Waals surface area (Å²) >= 11 is 0. The highest BCUT2D eigenvalue weighted by Crippen LogP contribution is 2.31. The van der Waals surface area contributed by atoms with Crippen LogP contribution >= 0.6 is 0 Å². The van der Waals surface area contributed by atoms with Gasteiger partial charge in [-0.25, -0.2) is 8.42 Å². The summed E-state index contributed by atoms with van der Waals surface area (Å²) in [6, 6.07) is 6.78. The van der Waals surface area contributed by atoms with Crippen molar-refractivity contribution in [3.05, 3.63) is 35.4 Å². The van der Waals surface area contributed by atoms with Gasteiger partial charge < -0.3 is 14.4 Å². The van der Waals surface area contributed by atoms with E-state index in [1.807, 2.05) is 0 Å². The highest BCUT2D eigenvalue weighted by molar-refractivity contribution is 7.89. The van der Waals surface area contributed by atoms with Gasteiger partial charge in [-0.2, -0.15) is 0 Å². The number of nitrogens with zero attached hydrogens (tertiary/aromatic N) is 1. The van der Waals surface area contributed by atoms with E-state index in [1.54, 1.807) is 29.2 Å². The number of likely N-dealkylation sites (tertiary alicyclic amines) is 1. The van der Waals surface area contributed by atoms with Crippen LogP contribution in [0.5, 0.6) is 0 Å². The lowest BCUT2D eigenvalue weighted by Gasteiger charge is -2.37. The molecule has 0 atom stereocenters. The lowest BCUT2D eigenvalue weighted by molar-refractivity contribution is -0.181. The van der Waals surface area contributed by atoms with Crippen LogP contribution in [0.3, 0.4) is 0 Å². The van der Waals surface area contributed by atoms with E-state index in [1.165, 1.54) is 6.26 Å². The Bertz CT molecular complexity index is 667. The van der Waals surface area contributed by atoms with Crippen molar-refractivity contribution in [2.75, 3.05) is 32.6 Å². The maximum atomic E-state index is 12.5. The van der Waals surface area contributed by atoms with Crippen molar-refractivity contribution in [1.82, 2.24) is 4.90 Å². The first-order valence-corrected chi connectivity index (χ1v) is 9.77. The van der Waals surface area contributed by atoms with Crippen LogP contribution in [0.4, 0.5) is 0 Å². The fraction of sp³-hybridized carbons (Fsp3) is 0.562. The molecular weight excluding hydrogens is 318 g/mol. The van der Waals surface area contributed by atoms with Crippen LogP contribution in [0.15, 0.2) is 24.3 Å². The van der Waals surface area contributed by atoms with Gasteiger partial charge in [0.05, 0.1) is 19.0 Å². The number of hydrogen-bond acceptors (Lipinski definition) is 5. The summed E-state index contributed by atoms with van der Waals surface area (Å²) in [5.41, 5.74) is 1.26. The zero-order valence-electron chi connectivity index (χ0n) is 13.2. The van der Waals surface area contributed by atoms with Crippen molar-refractivity contribution >= 4 is 15.7 Å². The summed E-state index contributed by atoms with van der Waals surface area (Å²) in [5.74, 6) is -0.540. The molecule has 6 nitrogen and oxygen atoms in total. The third kappa shape index (κ3) is 3.91. The maximum Gasteiger partial charge on any atom is 0.253 e. The Morgan fingerprint density at radius 1 is 1.13 bits per heavy atom. The number of hydrogen-bond donors (Lipinski definition) is 0. The Balaban J connectivity index is 1.62.